The van der Waals surface area contributed by atoms with Gasteiger partial charge in [0, 0.05) is 14.2 Å². The van der Waals surface area contributed by atoms with E-state index in [2.05, 4.69) is 5.32 Å². The second-order valence-electron chi connectivity index (χ2n) is 6.64. The predicted molar refractivity (Wildman–Crippen MR) is 101 cm³/mol. The lowest BCUT2D eigenvalue weighted by Crippen LogP contribution is -2.34. The molecule has 0 bridgehead atoms. The second-order valence-corrected chi connectivity index (χ2v) is 6.64. The van der Waals surface area contributed by atoms with Crippen LogP contribution in [0.25, 0.3) is 6.08 Å². The first-order valence-corrected chi connectivity index (χ1v) is 8.44. The highest BCUT2D eigenvalue weighted by molar-refractivity contribution is 5.93. The molecule has 2 N–H and O–H groups in total. The number of methoxy groups -OCH3 is 2. The van der Waals surface area contributed by atoms with Gasteiger partial charge in [-0.15, -0.1) is 0 Å². The van der Waals surface area contributed by atoms with Crippen molar-refractivity contribution in [3.63, 3.8) is 0 Å². The van der Waals surface area contributed by atoms with Crippen LogP contribution in [0.5, 0.6) is 11.5 Å². The zero-order valence-corrected chi connectivity index (χ0v) is 16.7. The van der Waals surface area contributed by atoms with Gasteiger partial charge in [-0.2, -0.15) is 0 Å². The molecule has 0 aliphatic carbocycles. The number of rotatable bonds is 10. The van der Waals surface area contributed by atoms with Gasteiger partial charge in [0.25, 0.3) is 0 Å². The molecule has 0 radical (unpaired) electrons. The fourth-order valence-corrected chi connectivity index (χ4v) is 1.96. The number of alkyl carbamates (subject to hydrolysis) is 1. The average molecular weight is 397 g/mol. The van der Waals surface area contributed by atoms with Crippen molar-refractivity contribution in [3.8, 4) is 11.5 Å². The number of nitrogens with one attached hydrogen (secondary N) is 1. The van der Waals surface area contributed by atoms with Gasteiger partial charge in [0.1, 0.15) is 5.60 Å². The van der Waals surface area contributed by atoms with Crippen molar-refractivity contribution in [2.75, 3.05) is 34.4 Å². The van der Waals surface area contributed by atoms with Crippen molar-refractivity contribution in [2.45, 2.75) is 26.4 Å². The molecule has 9 nitrogen and oxygen atoms in total. The summed E-state index contributed by atoms with van der Waals surface area (Å²) in [6, 6.07) is 4.87. The number of carbonyl (C=O) groups is 2. The lowest BCUT2D eigenvalue weighted by atomic mass is 10.1. The Morgan fingerprint density at radius 3 is 2.21 bits per heavy atom. The van der Waals surface area contributed by atoms with Gasteiger partial charge in [-0.05, 0) is 44.5 Å². The number of carboxylic acids is 1. The Hall–Kier alpha value is -2.78. The third-order valence-corrected chi connectivity index (χ3v) is 3.07. The van der Waals surface area contributed by atoms with Crippen LogP contribution in [-0.2, 0) is 19.0 Å². The Balaban J connectivity index is 2.97. The van der Waals surface area contributed by atoms with Crippen molar-refractivity contribution < 1.29 is 38.4 Å². The summed E-state index contributed by atoms with van der Waals surface area (Å²) in [4.78, 5) is 23.3. The van der Waals surface area contributed by atoms with Crippen LogP contribution in [0, 0.1) is 0 Å². The van der Waals surface area contributed by atoms with E-state index in [-0.39, 0.29) is 25.7 Å². The van der Waals surface area contributed by atoms with Crippen LogP contribution in [0.1, 0.15) is 26.3 Å². The zero-order valence-electron chi connectivity index (χ0n) is 16.7. The Bertz CT molecular complexity index is 694. The van der Waals surface area contributed by atoms with Gasteiger partial charge in [0.15, 0.2) is 25.1 Å². The lowest BCUT2D eigenvalue weighted by Gasteiger charge is -2.19. The summed E-state index contributed by atoms with van der Waals surface area (Å²) in [6.07, 6.45) is 0.714. The van der Waals surface area contributed by atoms with Crippen LogP contribution < -0.4 is 14.8 Å². The normalized spacial score (nSPS) is 11.7. The van der Waals surface area contributed by atoms with Gasteiger partial charge in [0.05, 0.1) is 12.1 Å². The highest BCUT2D eigenvalue weighted by atomic mass is 16.7. The Morgan fingerprint density at radius 2 is 1.68 bits per heavy atom. The number of ether oxygens (including phenoxy) is 5. The first kappa shape index (κ1) is 23.3. The predicted octanol–water partition coefficient (Wildman–Crippen LogP) is 2.64. The molecule has 0 atom stereocenters. The molecule has 1 aromatic carbocycles. The highest BCUT2D eigenvalue weighted by Crippen LogP contribution is 2.29. The minimum absolute atomic E-state index is 0.0114. The van der Waals surface area contributed by atoms with E-state index in [1.807, 2.05) is 0 Å². The number of amides is 1. The number of aliphatic carboxylic acids is 1. The molecule has 28 heavy (non-hydrogen) atoms. The molecule has 0 saturated heterocycles. The lowest BCUT2D eigenvalue weighted by molar-refractivity contribution is -0.132. The standard InChI is InChI=1S/C19H27NO8/c1-19(2,3)28-18(23)20-10-14(17(21)22)8-13-6-7-15(26-11-24-4)16(9-13)27-12-25-5/h6-9H,10-12H2,1-5H3,(H,20,23)(H,21,22). The monoisotopic (exact) mass is 397 g/mol. The number of hydrogen-bond acceptors (Lipinski definition) is 7. The number of carbonyl (C=O) groups excluding carboxylic acids is 1. The van der Waals surface area contributed by atoms with Gasteiger partial charge in [-0.1, -0.05) is 6.07 Å². The van der Waals surface area contributed by atoms with E-state index in [0.717, 1.165) is 0 Å². The van der Waals surface area contributed by atoms with Crippen LogP contribution in [0.4, 0.5) is 4.79 Å². The summed E-state index contributed by atoms with van der Waals surface area (Å²) < 4.78 is 25.7. The summed E-state index contributed by atoms with van der Waals surface area (Å²) >= 11 is 0. The summed E-state index contributed by atoms with van der Waals surface area (Å²) in [5, 5.41) is 11.8. The second kappa shape index (κ2) is 11.2. The summed E-state index contributed by atoms with van der Waals surface area (Å²) in [7, 11) is 2.97. The minimum atomic E-state index is -1.17. The van der Waals surface area contributed by atoms with Crippen LogP contribution in [-0.4, -0.2) is 57.1 Å². The molecule has 1 rings (SSSR count). The molecule has 0 heterocycles. The average Bonchev–Trinajstić information content (AvgIpc) is 2.60. The number of hydrogen-bond donors (Lipinski definition) is 2. The van der Waals surface area contributed by atoms with Crippen molar-refractivity contribution in [1.29, 1.82) is 0 Å². The van der Waals surface area contributed by atoms with E-state index in [1.54, 1.807) is 39.0 Å². The van der Waals surface area contributed by atoms with E-state index < -0.39 is 17.7 Å². The van der Waals surface area contributed by atoms with Gasteiger partial charge >= 0.3 is 12.1 Å². The van der Waals surface area contributed by atoms with Gasteiger partial charge in [-0.25, -0.2) is 9.59 Å². The zero-order chi connectivity index (χ0) is 21.2. The fourth-order valence-electron chi connectivity index (χ4n) is 1.96. The van der Waals surface area contributed by atoms with E-state index in [0.29, 0.717) is 17.1 Å². The molecule has 0 aliphatic rings. The molecule has 0 aliphatic heterocycles. The maximum absolute atomic E-state index is 11.7. The third kappa shape index (κ3) is 8.74. The first-order valence-electron chi connectivity index (χ1n) is 8.44. The Kier molecular flexibility index (Phi) is 9.26. The highest BCUT2D eigenvalue weighted by Gasteiger charge is 2.17. The molecule has 9 heteroatoms. The summed E-state index contributed by atoms with van der Waals surface area (Å²) in [5.41, 5.74) is -0.170. The van der Waals surface area contributed by atoms with E-state index in [9.17, 15) is 14.7 Å². The third-order valence-electron chi connectivity index (χ3n) is 3.07. The molecule has 0 fully saturated rings. The fraction of sp³-hybridized carbons (Fsp3) is 0.474. The van der Waals surface area contributed by atoms with Crippen LogP contribution >= 0.6 is 0 Å². The van der Waals surface area contributed by atoms with Crippen molar-refractivity contribution in [1.82, 2.24) is 5.32 Å². The molecule has 1 aromatic rings. The van der Waals surface area contributed by atoms with Crippen LogP contribution in [0.3, 0.4) is 0 Å². The number of carboxylic acid groups (broad SMARTS) is 1. The van der Waals surface area contributed by atoms with Crippen molar-refractivity contribution >= 4 is 18.1 Å². The summed E-state index contributed by atoms with van der Waals surface area (Å²) in [5.74, 6) is -0.396. The molecule has 0 saturated carbocycles. The maximum Gasteiger partial charge on any atom is 0.407 e. The molecular formula is C19H27NO8. The quantitative estimate of drug-likeness (QED) is 0.458. The smallest absolute Gasteiger partial charge is 0.407 e. The molecule has 0 unspecified atom stereocenters. The van der Waals surface area contributed by atoms with Gasteiger partial charge in [0.2, 0.25) is 0 Å². The van der Waals surface area contributed by atoms with E-state index in [4.69, 9.17) is 23.7 Å². The number of benzene rings is 1. The van der Waals surface area contributed by atoms with Gasteiger partial charge < -0.3 is 34.1 Å². The largest absolute Gasteiger partial charge is 0.478 e. The minimum Gasteiger partial charge on any atom is -0.478 e. The van der Waals surface area contributed by atoms with Crippen LogP contribution in [0.2, 0.25) is 0 Å². The summed E-state index contributed by atoms with van der Waals surface area (Å²) in [6.45, 7) is 4.96. The van der Waals surface area contributed by atoms with Crippen molar-refractivity contribution in [2.24, 2.45) is 0 Å². The molecule has 0 spiro atoms. The Morgan fingerprint density at radius 1 is 1.07 bits per heavy atom. The van der Waals surface area contributed by atoms with Crippen molar-refractivity contribution in [3.05, 3.63) is 29.3 Å². The van der Waals surface area contributed by atoms with Crippen LogP contribution in [0.15, 0.2) is 23.8 Å². The maximum atomic E-state index is 11.7. The molecule has 1 amide bonds. The Labute approximate surface area is 164 Å². The van der Waals surface area contributed by atoms with Gasteiger partial charge in [-0.3, -0.25) is 0 Å². The van der Waals surface area contributed by atoms with E-state index >= 15 is 0 Å². The van der Waals surface area contributed by atoms with E-state index in [1.165, 1.54) is 20.3 Å². The SMILES string of the molecule is COCOc1ccc(C=C(CNC(=O)OC(C)(C)C)C(=O)O)cc1OCOC. The molecular weight excluding hydrogens is 370 g/mol. The first-order chi connectivity index (χ1) is 13.2. The topological polar surface area (TPSA) is 113 Å². The molecule has 156 valence electrons. The molecule has 0 aromatic heterocycles.